The number of rotatable bonds is 5. The molecule has 0 aliphatic heterocycles. The van der Waals surface area contributed by atoms with Gasteiger partial charge in [0, 0.05) is 17.1 Å². The van der Waals surface area contributed by atoms with Crippen LogP contribution in [0.5, 0.6) is 5.75 Å². The van der Waals surface area contributed by atoms with Crippen molar-refractivity contribution in [2.24, 2.45) is 5.41 Å². The van der Waals surface area contributed by atoms with E-state index in [0.29, 0.717) is 5.41 Å². The largest absolute Gasteiger partial charge is 0.496 e. The fourth-order valence-corrected chi connectivity index (χ4v) is 3.06. The highest BCUT2D eigenvalue weighted by molar-refractivity contribution is 5.35. The van der Waals surface area contributed by atoms with Crippen LogP contribution in [0.3, 0.4) is 0 Å². The molecule has 0 saturated heterocycles. The van der Waals surface area contributed by atoms with Gasteiger partial charge in [-0.15, -0.1) is 0 Å². The average molecular weight is 263 g/mol. The van der Waals surface area contributed by atoms with Gasteiger partial charge in [0.25, 0.3) is 0 Å². The van der Waals surface area contributed by atoms with Gasteiger partial charge in [0.05, 0.1) is 7.11 Å². The summed E-state index contributed by atoms with van der Waals surface area (Å²) in [7, 11) is 1.73. The van der Waals surface area contributed by atoms with Crippen molar-refractivity contribution in [3.05, 3.63) is 29.8 Å². The molecule has 1 unspecified atom stereocenters. The number of nitrogens with one attached hydrogen (secondary N) is 1. The lowest BCUT2D eigenvalue weighted by atomic mass is 9.81. The molecule has 1 atom stereocenters. The minimum atomic E-state index is 0.0958. The second kappa shape index (κ2) is 5.96. The molecule has 0 saturated carbocycles. The Balaban J connectivity index is 2.81. The van der Waals surface area contributed by atoms with Gasteiger partial charge in [-0.05, 0) is 38.7 Å². The molecule has 108 valence electrons. The number of hydrogen-bond acceptors (Lipinski definition) is 2. The van der Waals surface area contributed by atoms with Gasteiger partial charge in [-0.1, -0.05) is 39.0 Å². The van der Waals surface area contributed by atoms with Crippen LogP contribution in [0.1, 0.15) is 59.6 Å². The van der Waals surface area contributed by atoms with Crippen LogP contribution in [0.15, 0.2) is 24.3 Å². The summed E-state index contributed by atoms with van der Waals surface area (Å²) in [4.78, 5) is 0. The first kappa shape index (κ1) is 16.0. The Bertz CT molecular complexity index is 404. The summed E-state index contributed by atoms with van der Waals surface area (Å²) >= 11 is 0. The van der Waals surface area contributed by atoms with E-state index in [2.05, 4.69) is 59.0 Å². The molecule has 19 heavy (non-hydrogen) atoms. The van der Waals surface area contributed by atoms with Crippen LogP contribution in [0, 0.1) is 5.41 Å². The summed E-state index contributed by atoms with van der Waals surface area (Å²) in [5, 5.41) is 3.72. The van der Waals surface area contributed by atoms with Gasteiger partial charge in [-0.2, -0.15) is 0 Å². The Morgan fingerprint density at radius 2 is 1.68 bits per heavy atom. The summed E-state index contributed by atoms with van der Waals surface area (Å²) in [6.45, 7) is 13.6. The lowest BCUT2D eigenvalue weighted by Crippen LogP contribution is -2.43. The van der Waals surface area contributed by atoms with Crippen molar-refractivity contribution in [3.8, 4) is 5.75 Å². The van der Waals surface area contributed by atoms with Gasteiger partial charge in [-0.25, -0.2) is 0 Å². The Morgan fingerprint density at radius 3 is 2.21 bits per heavy atom. The molecule has 1 aromatic rings. The summed E-state index contributed by atoms with van der Waals surface area (Å²) < 4.78 is 5.44. The molecule has 2 nitrogen and oxygen atoms in total. The number of para-hydroxylation sites is 1. The second-order valence-corrected chi connectivity index (χ2v) is 7.23. The van der Waals surface area contributed by atoms with E-state index in [9.17, 15) is 0 Å². The van der Waals surface area contributed by atoms with Crippen molar-refractivity contribution in [2.45, 2.75) is 59.5 Å². The lowest BCUT2D eigenvalue weighted by molar-refractivity contribution is 0.225. The maximum atomic E-state index is 5.44. The predicted molar refractivity (Wildman–Crippen MR) is 82.7 cm³/mol. The molecule has 1 rings (SSSR count). The first-order valence-electron chi connectivity index (χ1n) is 7.05. The topological polar surface area (TPSA) is 21.3 Å². The zero-order valence-electron chi connectivity index (χ0n) is 13.5. The van der Waals surface area contributed by atoms with Crippen LogP contribution in [-0.4, -0.2) is 12.6 Å². The molecule has 0 radical (unpaired) electrons. The third-order valence-electron chi connectivity index (χ3n) is 3.18. The standard InChI is InChI=1S/C17H29NO/c1-13(14-10-8-9-11-15(14)19-7)18-17(5,6)12-16(2,3)4/h8-11,13,18H,12H2,1-7H3. The van der Waals surface area contributed by atoms with Crippen LogP contribution in [0.4, 0.5) is 0 Å². The van der Waals surface area contributed by atoms with Crippen LogP contribution in [-0.2, 0) is 0 Å². The molecule has 0 fully saturated rings. The number of hydrogen-bond donors (Lipinski definition) is 1. The van der Waals surface area contributed by atoms with Gasteiger partial charge in [0.2, 0.25) is 0 Å². The molecule has 1 N–H and O–H groups in total. The number of methoxy groups -OCH3 is 1. The van der Waals surface area contributed by atoms with E-state index >= 15 is 0 Å². The molecule has 0 aromatic heterocycles. The zero-order chi connectivity index (χ0) is 14.7. The number of ether oxygens (including phenoxy) is 1. The van der Waals surface area contributed by atoms with Crippen molar-refractivity contribution in [3.63, 3.8) is 0 Å². The summed E-state index contributed by atoms with van der Waals surface area (Å²) in [6.07, 6.45) is 1.12. The Hall–Kier alpha value is -1.02. The molecular weight excluding hydrogens is 234 g/mol. The van der Waals surface area contributed by atoms with E-state index in [1.165, 1.54) is 5.56 Å². The van der Waals surface area contributed by atoms with Crippen molar-refractivity contribution >= 4 is 0 Å². The molecule has 0 aliphatic carbocycles. The molecular formula is C17H29NO. The Labute approximate surface area is 118 Å². The van der Waals surface area contributed by atoms with Crippen molar-refractivity contribution in [1.29, 1.82) is 0 Å². The maximum Gasteiger partial charge on any atom is 0.123 e. The first-order valence-corrected chi connectivity index (χ1v) is 7.05. The minimum absolute atomic E-state index is 0.0958. The summed E-state index contributed by atoms with van der Waals surface area (Å²) in [6, 6.07) is 8.49. The molecule has 0 amide bonds. The molecule has 1 aromatic carbocycles. The zero-order valence-corrected chi connectivity index (χ0v) is 13.5. The fraction of sp³-hybridized carbons (Fsp3) is 0.647. The van der Waals surface area contributed by atoms with E-state index in [-0.39, 0.29) is 11.6 Å². The fourth-order valence-electron chi connectivity index (χ4n) is 3.06. The quantitative estimate of drug-likeness (QED) is 0.840. The van der Waals surface area contributed by atoms with E-state index in [4.69, 9.17) is 4.74 Å². The summed E-state index contributed by atoms with van der Waals surface area (Å²) in [5.74, 6) is 0.953. The van der Waals surface area contributed by atoms with Gasteiger partial charge in [-0.3, -0.25) is 0 Å². The molecule has 0 aliphatic rings. The van der Waals surface area contributed by atoms with Crippen LogP contribution in [0.25, 0.3) is 0 Å². The molecule has 0 bridgehead atoms. The van der Waals surface area contributed by atoms with Crippen LogP contribution >= 0.6 is 0 Å². The van der Waals surface area contributed by atoms with Crippen molar-refractivity contribution < 1.29 is 4.74 Å². The van der Waals surface area contributed by atoms with E-state index in [0.717, 1.165) is 12.2 Å². The molecule has 2 heteroatoms. The second-order valence-electron chi connectivity index (χ2n) is 7.23. The van der Waals surface area contributed by atoms with E-state index < -0.39 is 0 Å². The maximum absolute atomic E-state index is 5.44. The van der Waals surface area contributed by atoms with E-state index in [1.54, 1.807) is 7.11 Å². The third kappa shape index (κ3) is 5.23. The van der Waals surface area contributed by atoms with Crippen LogP contribution in [0.2, 0.25) is 0 Å². The van der Waals surface area contributed by atoms with Gasteiger partial charge in [0.15, 0.2) is 0 Å². The summed E-state index contributed by atoms with van der Waals surface area (Å²) in [5.41, 5.74) is 1.63. The smallest absolute Gasteiger partial charge is 0.123 e. The third-order valence-corrected chi connectivity index (χ3v) is 3.18. The normalized spacial score (nSPS) is 14.3. The first-order chi connectivity index (χ1) is 8.64. The molecule has 0 spiro atoms. The number of benzene rings is 1. The monoisotopic (exact) mass is 263 g/mol. The SMILES string of the molecule is COc1ccccc1C(C)NC(C)(C)CC(C)(C)C. The van der Waals surface area contributed by atoms with Gasteiger partial charge >= 0.3 is 0 Å². The average Bonchev–Trinajstić information content (AvgIpc) is 2.24. The Kier molecular flexibility index (Phi) is 5.03. The minimum Gasteiger partial charge on any atom is -0.496 e. The lowest BCUT2D eigenvalue weighted by Gasteiger charge is -2.36. The Morgan fingerprint density at radius 1 is 1.11 bits per heavy atom. The van der Waals surface area contributed by atoms with Gasteiger partial charge < -0.3 is 10.1 Å². The van der Waals surface area contributed by atoms with Gasteiger partial charge in [0.1, 0.15) is 5.75 Å². The highest BCUT2D eigenvalue weighted by Crippen LogP contribution is 2.31. The molecule has 0 heterocycles. The highest BCUT2D eigenvalue weighted by Gasteiger charge is 2.27. The highest BCUT2D eigenvalue weighted by atomic mass is 16.5. The van der Waals surface area contributed by atoms with Crippen molar-refractivity contribution in [2.75, 3.05) is 7.11 Å². The predicted octanol–water partition coefficient (Wildman–Crippen LogP) is 4.56. The van der Waals surface area contributed by atoms with Crippen LogP contribution < -0.4 is 10.1 Å². The van der Waals surface area contributed by atoms with E-state index in [1.807, 2.05) is 12.1 Å². The van der Waals surface area contributed by atoms with Crippen molar-refractivity contribution in [1.82, 2.24) is 5.32 Å².